The lowest BCUT2D eigenvalue weighted by atomic mass is 9.65. The Morgan fingerprint density at radius 3 is 1.04 bits per heavy atom. The molecule has 0 saturated carbocycles. The topological polar surface area (TPSA) is 9.86 Å². The average Bonchev–Trinajstić information content (AvgIpc) is 1.51. The van der Waals surface area contributed by atoms with Crippen LogP contribution < -0.4 is 0 Å². The van der Waals surface area contributed by atoms with Crippen molar-refractivity contribution >= 4 is 108 Å². The van der Waals surface area contributed by atoms with Crippen LogP contribution in [-0.4, -0.2) is 9.13 Å². The van der Waals surface area contributed by atoms with Crippen molar-refractivity contribution in [2.45, 2.75) is 11.3 Å². The first-order valence-electron chi connectivity index (χ1n) is 34.8. The largest absolute Gasteiger partial charge is 0.309 e. The number of para-hydroxylation sites is 2. The molecule has 2 nitrogen and oxygen atoms in total. The highest BCUT2D eigenvalue weighted by atomic mass is 15.0. The van der Waals surface area contributed by atoms with Crippen LogP contribution in [-0.2, 0) is 5.41 Å². The molecule has 17 aromatic carbocycles. The van der Waals surface area contributed by atoms with Crippen molar-refractivity contribution in [1.82, 2.24) is 9.13 Å². The van der Waals surface area contributed by atoms with Gasteiger partial charge in [0.05, 0.1) is 38.9 Å². The van der Waals surface area contributed by atoms with E-state index in [4.69, 9.17) is 0 Å². The number of rotatable bonds is 6. The number of hydrogen-bond donors (Lipinski definition) is 0. The van der Waals surface area contributed by atoms with Gasteiger partial charge >= 0.3 is 0 Å². The summed E-state index contributed by atoms with van der Waals surface area (Å²) in [5.41, 5.74) is 24.8. The van der Waals surface area contributed by atoms with Gasteiger partial charge in [0.15, 0.2) is 0 Å². The minimum Gasteiger partial charge on any atom is -0.309 e. The van der Waals surface area contributed by atoms with Crippen LogP contribution in [0.5, 0.6) is 0 Å². The maximum Gasteiger partial charge on any atom is 0.0546 e. The zero-order valence-electron chi connectivity index (χ0n) is 54.0. The molecular weight excluding hydrogens is 1190 g/mol. The maximum absolute atomic E-state index is 2.58. The van der Waals surface area contributed by atoms with Gasteiger partial charge in [-0.05, 0) is 192 Å². The Hall–Kier alpha value is -12.6. The molecule has 3 aliphatic rings. The lowest BCUT2D eigenvalue weighted by Crippen LogP contribution is -2.33. The Morgan fingerprint density at radius 2 is 0.566 bits per heavy atom. The fraction of sp³-hybridized carbons (Fsp3) is 0.0309. The number of fused-ring (bicyclic) bond motifs is 24. The third kappa shape index (κ3) is 7.60. The molecule has 1 spiro atoms. The van der Waals surface area contributed by atoms with Gasteiger partial charge < -0.3 is 9.13 Å². The highest BCUT2D eigenvalue weighted by molar-refractivity contribution is 6.19. The van der Waals surface area contributed by atoms with Crippen molar-refractivity contribution < 1.29 is 0 Å². The van der Waals surface area contributed by atoms with Crippen molar-refractivity contribution in [1.29, 1.82) is 0 Å². The molecule has 0 radical (unpaired) electrons. The van der Waals surface area contributed by atoms with E-state index >= 15 is 0 Å². The quantitative estimate of drug-likeness (QED) is 0.147. The summed E-state index contributed by atoms with van der Waals surface area (Å²) in [4.78, 5) is 0. The molecule has 0 fully saturated rings. The Kier molecular flexibility index (Phi) is 11.4. The smallest absolute Gasteiger partial charge is 0.0546 e. The molecule has 2 atom stereocenters. The molecule has 0 aliphatic heterocycles. The Labute approximate surface area is 572 Å². The fourth-order valence-electron chi connectivity index (χ4n) is 18.8. The molecule has 0 N–H and O–H groups in total. The van der Waals surface area contributed by atoms with Gasteiger partial charge in [-0.1, -0.05) is 291 Å². The summed E-state index contributed by atoms with van der Waals surface area (Å²) in [5, 5.41) is 20.0. The van der Waals surface area contributed by atoms with Crippen molar-refractivity contribution in [3.8, 4) is 67.0 Å². The van der Waals surface area contributed by atoms with Gasteiger partial charge in [-0.25, -0.2) is 0 Å². The van der Waals surface area contributed by atoms with E-state index in [-0.39, 0.29) is 11.8 Å². The minimum absolute atomic E-state index is 0.172. The van der Waals surface area contributed by atoms with E-state index in [1.165, 1.54) is 198 Å². The van der Waals surface area contributed by atoms with Crippen molar-refractivity contribution in [2.75, 3.05) is 0 Å². The Morgan fingerprint density at radius 1 is 0.222 bits per heavy atom. The van der Waals surface area contributed by atoms with Crippen molar-refractivity contribution in [3.63, 3.8) is 0 Å². The zero-order chi connectivity index (χ0) is 64.6. The molecule has 22 rings (SSSR count). The average molecular weight is 1250 g/mol. The third-order valence-corrected chi connectivity index (χ3v) is 23.0. The minimum atomic E-state index is -0.452. The molecule has 2 aromatic heterocycles. The number of aromatic nitrogens is 2. The van der Waals surface area contributed by atoms with Crippen LogP contribution in [0.3, 0.4) is 0 Å². The summed E-state index contributed by atoms with van der Waals surface area (Å²) in [5.74, 6) is 0.402. The second-order valence-corrected chi connectivity index (χ2v) is 27.6. The second kappa shape index (κ2) is 20.7. The molecule has 19 aromatic rings. The van der Waals surface area contributed by atoms with Gasteiger partial charge in [0.1, 0.15) is 0 Å². The van der Waals surface area contributed by atoms with Crippen LogP contribution in [0.15, 0.2) is 352 Å². The highest BCUT2D eigenvalue weighted by Crippen LogP contribution is 2.66. The van der Waals surface area contributed by atoms with E-state index in [9.17, 15) is 0 Å². The number of allylic oxidation sites excluding steroid dienone is 4. The number of benzene rings is 17. The first-order valence-corrected chi connectivity index (χ1v) is 34.8. The molecule has 0 saturated heterocycles. The second-order valence-electron chi connectivity index (χ2n) is 27.6. The summed E-state index contributed by atoms with van der Waals surface area (Å²) in [6.07, 6.45) is 9.56. The van der Waals surface area contributed by atoms with Crippen LogP contribution in [0, 0.1) is 5.92 Å². The van der Waals surface area contributed by atoms with Gasteiger partial charge in [-0.15, -0.1) is 0 Å². The van der Waals surface area contributed by atoms with Crippen LogP contribution in [0.2, 0.25) is 0 Å². The summed E-state index contributed by atoms with van der Waals surface area (Å²) in [7, 11) is 0. The fourth-order valence-corrected chi connectivity index (χ4v) is 18.8. The molecule has 458 valence electrons. The summed E-state index contributed by atoms with van der Waals surface area (Å²) in [6.45, 7) is 0. The zero-order valence-corrected chi connectivity index (χ0v) is 54.0. The molecule has 2 heteroatoms. The normalized spacial score (nSPS) is 15.1. The van der Waals surface area contributed by atoms with E-state index in [2.05, 4.69) is 361 Å². The first kappa shape index (κ1) is 54.6. The maximum atomic E-state index is 2.58. The molecule has 2 heterocycles. The van der Waals surface area contributed by atoms with Gasteiger partial charge in [-0.3, -0.25) is 0 Å². The number of nitrogens with zero attached hydrogens (tertiary/aromatic N) is 2. The predicted molar refractivity (Wildman–Crippen MR) is 418 cm³/mol. The predicted octanol–water partition coefficient (Wildman–Crippen LogP) is 25.6. The van der Waals surface area contributed by atoms with E-state index in [0.717, 1.165) is 0 Å². The van der Waals surface area contributed by atoms with Gasteiger partial charge in [0.2, 0.25) is 0 Å². The SMILES string of the molecule is C1=CC2c3ccccc3C3(c4cc(-c5ccc(-c6ccc7c(c6)c6ccccc6n7-c6cc7ccccc7c7ccccc67)c6ccccc56)ccc4-c4ccc(-c5ccc(-c6ccc7c(c6)c6ccccc6n7-c6cc7ccccc7c7ccccc67)c6ccccc56)cc43)C2C=C1. The van der Waals surface area contributed by atoms with Crippen LogP contribution in [0.4, 0.5) is 0 Å². The molecule has 3 aliphatic carbocycles. The lowest BCUT2D eigenvalue weighted by Gasteiger charge is -2.36. The molecule has 2 unspecified atom stereocenters. The van der Waals surface area contributed by atoms with E-state index in [0.29, 0.717) is 0 Å². The molecule has 99 heavy (non-hydrogen) atoms. The van der Waals surface area contributed by atoms with Crippen LogP contribution >= 0.6 is 0 Å². The van der Waals surface area contributed by atoms with Crippen LogP contribution in [0.25, 0.3) is 175 Å². The van der Waals surface area contributed by atoms with Gasteiger partial charge in [0.25, 0.3) is 0 Å². The molecule has 0 bridgehead atoms. The van der Waals surface area contributed by atoms with Crippen molar-refractivity contribution in [2.24, 2.45) is 5.92 Å². The van der Waals surface area contributed by atoms with Gasteiger partial charge in [-0.2, -0.15) is 0 Å². The van der Waals surface area contributed by atoms with Crippen LogP contribution in [0.1, 0.15) is 28.2 Å². The first-order chi connectivity index (χ1) is 49.1. The monoisotopic (exact) mass is 1250 g/mol. The van der Waals surface area contributed by atoms with Crippen molar-refractivity contribution in [3.05, 3.63) is 374 Å². The third-order valence-electron chi connectivity index (χ3n) is 23.0. The molecule has 0 amide bonds. The lowest BCUT2D eigenvalue weighted by molar-refractivity contribution is 0.466. The number of hydrogen-bond acceptors (Lipinski definition) is 0. The van der Waals surface area contributed by atoms with E-state index in [1.54, 1.807) is 0 Å². The summed E-state index contributed by atoms with van der Waals surface area (Å²) >= 11 is 0. The Balaban J connectivity index is 0.672. The summed E-state index contributed by atoms with van der Waals surface area (Å²) in [6, 6.07) is 124. The van der Waals surface area contributed by atoms with E-state index in [1.807, 2.05) is 0 Å². The Bertz CT molecular complexity index is 6450. The van der Waals surface area contributed by atoms with E-state index < -0.39 is 5.41 Å². The highest BCUT2D eigenvalue weighted by Gasteiger charge is 2.57. The standard InChI is InChI=1S/C97H60N2/c1-3-23-65-59(21-1)57-95(81-33-11-9-29-75(65)81)98-91-39-19-15-35-83(91)85-53-61(43-51-93(85)98)67-47-49-69(73-27-7-5-25-71(67)73)63-41-45-79-80-46-42-64(56-90(80)97(89(79)55-63)87-37-17-13-31-77(87)78-32-14-18-38-88(78)97)70-50-48-68(72-26-6-8-28-74(70)72)62-44-52-94-86(54-62)84-36-16-20-40-92(84)99(94)96-58-60-22-2-4-24-66(60)76-30-10-12-34-82(76)96/h1-58,77,87H. The van der Waals surface area contributed by atoms with Gasteiger partial charge in [0, 0.05) is 44.2 Å². The summed E-state index contributed by atoms with van der Waals surface area (Å²) < 4.78 is 4.98. The molecular formula is C97H60N2.